The van der Waals surface area contributed by atoms with Crippen molar-refractivity contribution in [2.45, 2.75) is 31.4 Å². The Kier molecular flexibility index (Phi) is 1.07. The minimum atomic E-state index is 0.00926. The molecule has 50 valence electrons. The number of hydrogen-bond acceptors (Lipinski definition) is 3. The van der Waals surface area contributed by atoms with E-state index in [0.29, 0.717) is 12.2 Å². The van der Waals surface area contributed by atoms with Crippen molar-refractivity contribution in [2.75, 3.05) is 0 Å². The Morgan fingerprint density at radius 2 is 2.44 bits per heavy atom. The third-order valence-corrected chi connectivity index (χ3v) is 1.97. The standard InChI is InChI=1S/C6H9NO2/c8-6-3-4-1-2-5(6)7-9-4/h4-5,7H,1-3H2. The molecule has 3 rings (SSSR count). The number of ketones is 1. The van der Waals surface area contributed by atoms with Crippen molar-refractivity contribution in [1.29, 1.82) is 0 Å². The van der Waals surface area contributed by atoms with Crippen LogP contribution < -0.4 is 5.48 Å². The Labute approximate surface area is 53.3 Å². The van der Waals surface area contributed by atoms with E-state index in [9.17, 15) is 4.79 Å². The second-order valence-corrected chi connectivity index (χ2v) is 2.66. The lowest BCUT2D eigenvalue weighted by Gasteiger charge is -2.34. The highest BCUT2D eigenvalue weighted by Crippen LogP contribution is 2.22. The maximum atomic E-state index is 10.9. The van der Waals surface area contributed by atoms with Crippen molar-refractivity contribution in [3.8, 4) is 0 Å². The molecule has 0 aromatic heterocycles. The van der Waals surface area contributed by atoms with Crippen LogP contribution in [-0.4, -0.2) is 17.9 Å². The van der Waals surface area contributed by atoms with Gasteiger partial charge in [-0.15, -0.1) is 0 Å². The van der Waals surface area contributed by atoms with Gasteiger partial charge in [0.15, 0.2) is 5.78 Å². The fraction of sp³-hybridized carbons (Fsp3) is 0.833. The molecule has 1 aliphatic carbocycles. The van der Waals surface area contributed by atoms with Crippen LogP contribution >= 0.6 is 0 Å². The first-order valence-corrected chi connectivity index (χ1v) is 3.30. The molecule has 9 heavy (non-hydrogen) atoms. The third kappa shape index (κ3) is 0.767. The Hall–Kier alpha value is -0.410. The molecule has 0 aromatic carbocycles. The van der Waals surface area contributed by atoms with Crippen molar-refractivity contribution in [3.63, 3.8) is 0 Å². The summed E-state index contributed by atoms with van der Waals surface area (Å²) < 4.78 is 0. The molecule has 2 bridgehead atoms. The summed E-state index contributed by atoms with van der Waals surface area (Å²) in [4.78, 5) is 16.0. The molecule has 0 amide bonds. The summed E-state index contributed by atoms with van der Waals surface area (Å²) >= 11 is 0. The highest BCUT2D eigenvalue weighted by molar-refractivity contribution is 5.85. The van der Waals surface area contributed by atoms with E-state index >= 15 is 0 Å². The van der Waals surface area contributed by atoms with Crippen molar-refractivity contribution in [3.05, 3.63) is 0 Å². The van der Waals surface area contributed by atoms with E-state index in [1.165, 1.54) is 0 Å². The second kappa shape index (κ2) is 1.78. The van der Waals surface area contributed by atoms with Crippen LogP contribution in [0.4, 0.5) is 0 Å². The van der Waals surface area contributed by atoms with Gasteiger partial charge in [-0.25, -0.2) is 0 Å². The van der Waals surface area contributed by atoms with Gasteiger partial charge in [0.2, 0.25) is 0 Å². The first-order chi connectivity index (χ1) is 4.36. The van der Waals surface area contributed by atoms with Gasteiger partial charge in [-0.05, 0) is 12.8 Å². The Morgan fingerprint density at radius 1 is 1.56 bits per heavy atom. The fourth-order valence-electron chi connectivity index (χ4n) is 1.39. The molecule has 1 N–H and O–H groups in total. The Balaban J connectivity index is 2.15. The fourth-order valence-corrected chi connectivity index (χ4v) is 1.39. The molecule has 2 saturated heterocycles. The molecule has 2 heterocycles. The lowest BCUT2D eigenvalue weighted by molar-refractivity contribution is -0.155. The van der Waals surface area contributed by atoms with Crippen molar-refractivity contribution < 1.29 is 9.63 Å². The van der Waals surface area contributed by atoms with Gasteiger partial charge in [-0.2, -0.15) is 5.48 Å². The molecule has 2 unspecified atom stereocenters. The maximum absolute atomic E-state index is 10.9. The van der Waals surface area contributed by atoms with Crippen LogP contribution in [0.5, 0.6) is 0 Å². The summed E-state index contributed by atoms with van der Waals surface area (Å²) in [5, 5.41) is 0. The van der Waals surface area contributed by atoms with Gasteiger partial charge in [0.05, 0.1) is 12.1 Å². The van der Waals surface area contributed by atoms with Gasteiger partial charge in [-0.1, -0.05) is 0 Å². The van der Waals surface area contributed by atoms with Crippen molar-refractivity contribution in [2.24, 2.45) is 0 Å². The van der Waals surface area contributed by atoms with E-state index in [4.69, 9.17) is 4.84 Å². The largest absolute Gasteiger partial charge is 0.298 e. The zero-order chi connectivity index (χ0) is 6.27. The van der Waals surface area contributed by atoms with Gasteiger partial charge in [0, 0.05) is 6.42 Å². The number of rotatable bonds is 0. The van der Waals surface area contributed by atoms with Crippen LogP contribution in [0, 0.1) is 0 Å². The second-order valence-electron chi connectivity index (χ2n) is 2.66. The zero-order valence-corrected chi connectivity index (χ0v) is 5.09. The normalized spacial score (nSPS) is 41.6. The summed E-state index contributed by atoms with van der Waals surface area (Å²) in [5.41, 5.74) is 2.72. The van der Waals surface area contributed by atoms with Gasteiger partial charge in [-0.3, -0.25) is 9.63 Å². The summed E-state index contributed by atoms with van der Waals surface area (Å²) in [6.07, 6.45) is 2.80. The molecule has 0 radical (unpaired) electrons. The van der Waals surface area contributed by atoms with E-state index in [1.54, 1.807) is 0 Å². The quantitative estimate of drug-likeness (QED) is 0.498. The molecule has 1 saturated carbocycles. The number of carbonyl (C=O) groups excluding carboxylic acids is 1. The van der Waals surface area contributed by atoms with Gasteiger partial charge in [0.25, 0.3) is 0 Å². The topological polar surface area (TPSA) is 38.3 Å². The number of hydroxylamine groups is 1. The molecule has 3 fully saturated rings. The van der Waals surface area contributed by atoms with Crippen LogP contribution in [0.3, 0.4) is 0 Å². The van der Waals surface area contributed by atoms with Gasteiger partial charge >= 0.3 is 0 Å². The van der Waals surface area contributed by atoms with E-state index in [2.05, 4.69) is 5.48 Å². The van der Waals surface area contributed by atoms with Crippen molar-refractivity contribution >= 4 is 5.78 Å². The predicted molar refractivity (Wildman–Crippen MR) is 30.7 cm³/mol. The zero-order valence-electron chi connectivity index (χ0n) is 5.09. The molecule has 3 aliphatic rings. The van der Waals surface area contributed by atoms with Crippen molar-refractivity contribution in [1.82, 2.24) is 5.48 Å². The number of carbonyl (C=O) groups is 1. The van der Waals surface area contributed by atoms with E-state index in [0.717, 1.165) is 12.8 Å². The van der Waals surface area contributed by atoms with Gasteiger partial charge in [0.1, 0.15) is 0 Å². The summed E-state index contributed by atoms with van der Waals surface area (Å²) in [5.74, 6) is 0.317. The monoisotopic (exact) mass is 127 g/mol. The highest BCUT2D eigenvalue weighted by Gasteiger charge is 2.34. The summed E-state index contributed by atoms with van der Waals surface area (Å²) in [6.45, 7) is 0. The first kappa shape index (κ1) is 5.38. The lowest BCUT2D eigenvalue weighted by atomic mass is 9.91. The predicted octanol–water partition coefficient (Wildman–Crippen LogP) is 0.0114. The molecular weight excluding hydrogens is 118 g/mol. The maximum Gasteiger partial charge on any atom is 0.154 e. The average molecular weight is 127 g/mol. The first-order valence-electron chi connectivity index (χ1n) is 3.30. The van der Waals surface area contributed by atoms with Crippen LogP contribution in [0.1, 0.15) is 19.3 Å². The molecule has 0 aromatic rings. The molecule has 0 spiro atoms. The summed E-state index contributed by atoms with van der Waals surface area (Å²) in [6, 6.07) is 0.00926. The highest BCUT2D eigenvalue weighted by atomic mass is 16.7. The number of fused-ring (bicyclic) bond motifs is 3. The Bertz CT molecular complexity index is 138. The molecule has 3 nitrogen and oxygen atoms in total. The lowest BCUT2D eigenvalue weighted by Crippen LogP contribution is -2.51. The SMILES string of the molecule is O=C1CC2CCC1NO2. The number of nitrogens with one attached hydrogen (secondary N) is 1. The smallest absolute Gasteiger partial charge is 0.154 e. The number of hydrogen-bond donors (Lipinski definition) is 1. The Morgan fingerprint density at radius 3 is 2.67 bits per heavy atom. The van der Waals surface area contributed by atoms with E-state index in [-0.39, 0.29) is 12.1 Å². The van der Waals surface area contributed by atoms with Gasteiger partial charge < -0.3 is 0 Å². The average Bonchev–Trinajstić information content (AvgIpc) is 1.90. The van der Waals surface area contributed by atoms with Crippen LogP contribution in [-0.2, 0) is 9.63 Å². The molecule has 2 atom stereocenters. The number of Topliss-reactive ketones (excluding diaryl/α,β-unsaturated/α-hetero) is 1. The molecule has 3 heteroatoms. The summed E-state index contributed by atoms with van der Waals surface area (Å²) in [7, 11) is 0. The van der Waals surface area contributed by atoms with Crippen LogP contribution in [0.25, 0.3) is 0 Å². The minimum absolute atomic E-state index is 0.00926. The van der Waals surface area contributed by atoms with Crippen LogP contribution in [0.15, 0.2) is 0 Å². The molecular formula is C6H9NO2. The van der Waals surface area contributed by atoms with Crippen LogP contribution in [0.2, 0.25) is 0 Å². The van der Waals surface area contributed by atoms with E-state index < -0.39 is 0 Å². The minimum Gasteiger partial charge on any atom is -0.298 e. The third-order valence-electron chi connectivity index (χ3n) is 1.97. The van der Waals surface area contributed by atoms with E-state index in [1.807, 2.05) is 0 Å². The molecule has 2 aliphatic heterocycles.